The number of ether oxygens (including phenoxy) is 1. The van der Waals surface area contributed by atoms with Gasteiger partial charge in [0.2, 0.25) is 0 Å². The largest absolute Gasteiger partial charge is 0.462 e. The number of hydrogen-bond acceptors (Lipinski definition) is 4. The average Bonchev–Trinajstić information content (AvgIpc) is 2.90. The molecule has 1 aromatic carbocycles. The summed E-state index contributed by atoms with van der Waals surface area (Å²) in [5, 5.41) is 2.62. The molecule has 1 N–H and O–H groups in total. The topological polar surface area (TPSA) is 55.4 Å². The molecule has 0 aliphatic heterocycles. The lowest BCUT2D eigenvalue weighted by molar-refractivity contribution is 0.0528. The van der Waals surface area contributed by atoms with Gasteiger partial charge < -0.3 is 10.1 Å². The highest BCUT2D eigenvalue weighted by Gasteiger charge is 2.22. The molecule has 0 fully saturated rings. The Morgan fingerprint density at radius 3 is 2.43 bits per heavy atom. The van der Waals surface area contributed by atoms with Crippen LogP contribution in [0.3, 0.4) is 0 Å². The van der Waals surface area contributed by atoms with Crippen molar-refractivity contribution in [1.29, 1.82) is 0 Å². The number of hydrogen-bond donors (Lipinski definition) is 1. The minimum atomic E-state index is -0.965. The molecule has 0 atom stereocenters. The number of aryl methyl sites for hydroxylation is 1. The van der Waals surface area contributed by atoms with E-state index in [1.165, 1.54) is 17.4 Å². The molecule has 7 heteroatoms. The molecule has 0 saturated carbocycles. The Bertz CT molecular complexity index is 723. The highest BCUT2D eigenvalue weighted by molar-refractivity contribution is 7.16. The first-order valence-electron chi connectivity index (χ1n) is 7.03. The average molecular weight is 339 g/mol. The monoisotopic (exact) mass is 339 g/mol. The lowest BCUT2D eigenvalue weighted by atomic mass is 10.2. The number of amides is 1. The number of esters is 1. The van der Waals surface area contributed by atoms with Gasteiger partial charge in [0.25, 0.3) is 5.91 Å². The first-order chi connectivity index (χ1) is 11.0. The normalized spacial score (nSPS) is 10.4. The van der Waals surface area contributed by atoms with Crippen LogP contribution in [0.2, 0.25) is 0 Å². The van der Waals surface area contributed by atoms with Crippen molar-refractivity contribution in [3.63, 3.8) is 0 Å². The molecule has 0 bridgehead atoms. The lowest BCUT2D eigenvalue weighted by Gasteiger charge is -2.07. The van der Waals surface area contributed by atoms with Gasteiger partial charge in [0.1, 0.15) is 22.2 Å². The fourth-order valence-corrected chi connectivity index (χ4v) is 2.93. The first kappa shape index (κ1) is 17.1. The van der Waals surface area contributed by atoms with Crippen LogP contribution < -0.4 is 5.32 Å². The summed E-state index contributed by atoms with van der Waals surface area (Å²) in [7, 11) is 0. The third-order valence-electron chi connectivity index (χ3n) is 3.04. The maximum Gasteiger partial charge on any atom is 0.341 e. The van der Waals surface area contributed by atoms with Crippen molar-refractivity contribution >= 4 is 28.2 Å². The van der Waals surface area contributed by atoms with Gasteiger partial charge in [-0.15, -0.1) is 11.3 Å². The molecular weight excluding hydrogens is 324 g/mol. The van der Waals surface area contributed by atoms with Crippen LogP contribution in [0.1, 0.15) is 39.4 Å². The second-order valence-corrected chi connectivity index (χ2v) is 5.72. The Morgan fingerprint density at radius 2 is 1.87 bits per heavy atom. The molecule has 4 nitrogen and oxygen atoms in total. The van der Waals surface area contributed by atoms with E-state index in [1.807, 2.05) is 6.92 Å². The van der Waals surface area contributed by atoms with E-state index < -0.39 is 29.1 Å². The summed E-state index contributed by atoms with van der Waals surface area (Å²) in [6, 6.07) is 4.77. The van der Waals surface area contributed by atoms with E-state index in [4.69, 9.17) is 4.74 Å². The number of carbonyl (C=O) groups excluding carboxylic acids is 2. The van der Waals surface area contributed by atoms with Gasteiger partial charge in [0.05, 0.1) is 12.2 Å². The molecule has 1 aromatic heterocycles. The van der Waals surface area contributed by atoms with Crippen LogP contribution in [0.15, 0.2) is 24.3 Å². The van der Waals surface area contributed by atoms with Gasteiger partial charge in [-0.3, -0.25) is 4.79 Å². The van der Waals surface area contributed by atoms with Crippen LogP contribution in [0.25, 0.3) is 0 Å². The quantitative estimate of drug-likeness (QED) is 0.837. The van der Waals surface area contributed by atoms with Gasteiger partial charge in [-0.05, 0) is 31.5 Å². The Labute approximate surface area is 136 Å². The molecule has 1 heterocycles. The summed E-state index contributed by atoms with van der Waals surface area (Å²) >= 11 is 1.17. The van der Waals surface area contributed by atoms with Crippen molar-refractivity contribution in [3.8, 4) is 0 Å². The molecule has 2 rings (SSSR count). The highest BCUT2D eigenvalue weighted by atomic mass is 32.1. The van der Waals surface area contributed by atoms with Crippen LogP contribution in [-0.2, 0) is 11.2 Å². The highest BCUT2D eigenvalue weighted by Crippen LogP contribution is 2.30. The molecule has 1 amide bonds. The summed E-state index contributed by atoms with van der Waals surface area (Å²) in [6.07, 6.45) is 0.654. The van der Waals surface area contributed by atoms with E-state index in [-0.39, 0.29) is 17.2 Å². The van der Waals surface area contributed by atoms with Crippen molar-refractivity contribution < 1.29 is 23.1 Å². The predicted octanol–water partition coefficient (Wildman–Crippen LogP) is 4.02. The fourth-order valence-electron chi connectivity index (χ4n) is 1.95. The second-order valence-electron chi connectivity index (χ2n) is 4.58. The number of thiophene rings is 1. The van der Waals surface area contributed by atoms with Crippen LogP contribution in [0.5, 0.6) is 0 Å². The van der Waals surface area contributed by atoms with Crippen LogP contribution >= 0.6 is 11.3 Å². The molecule has 122 valence electrons. The van der Waals surface area contributed by atoms with Gasteiger partial charge in [-0.2, -0.15) is 0 Å². The third-order valence-corrected chi connectivity index (χ3v) is 4.24. The van der Waals surface area contributed by atoms with Gasteiger partial charge in [0.15, 0.2) is 0 Å². The maximum absolute atomic E-state index is 13.7. The molecule has 0 radical (unpaired) electrons. The summed E-state index contributed by atoms with van der Waals surface area (Å²) in [5.74, 6) is -3.47. The molecule has 0 saturated heterocycles. The SMILES string of the molecule is CCOC(=O)c1cc(CC)sc1NC(=O)c1c(F)cccc1F. The van der Waals surface area contributed by atoms with Crippen LogP contribution in [0, 0.1) is 11.6 Å². The number of anilines is 1. The van der Waals surface area contributed by atoms with Crippen molar-refractivity contribution in [2.24, 2.45) is 0 Å². The summed E-state index contributed by atoms with van der Waals surface area (Å²) in [6.45, 7) is 3.74. The van der Waals surface area contributed by atoms with Crippen molar-refractivity contribution in [3.05, 3.63) is 51.9 Å². The Hall–Kier alpha value is -2.28. The fraction of sp³-hybridized carbons (Fsp3) is 0.250. The van der Waals surface area contributed by atoms with Crippen molar-refractivity contribution in [1.82, 2.24) is 0 Å². The zero-order chi connectivity index (χ0) is 17.0. The zero-order valence-corrected chi connectivity index (χ0v) is 13.4. The van der Waals surface area contributed by atoms with Crippen molar-refractivity contribution in [2.45, 2.75) is 20.3 Å². The molecule has 0 aliphatic carbocycles. The van der Waals surface area contributed by atoms with E-state index in [2.05, 4.69) is 5.32 Å². The Morgan fingerprint density at radius 1 is 1.22 bits per heavy atom. The Balaban J connectivity index is 2.34. The number of nitrogens with one attached hydrogen (secondary N) is 1. The molecule has 23 heavy (non-hydrogen) atoms. The Kier molecular flexibility index (Phi) is 5.44. The summed E-state index contributed by atoms with van der Waals surface area (Å²) in [5.41, 5.74) is -0.507. The minimum Gasteiger partial charge on any atom is -0.462 e. The second kappa shape index (κ2) is 7.32. The standard InChI is InChI=1S/C16H15F2NO3S/c1-3-9-8-10(16(21)22-4-2)15(23-9)19-14(20)13-11(17)6-5-7-12(13)18/h5-8H,3-4H2,1-2H3,(H,19,20). The molecule has 0 spiro atoms. The number of carbonyl (C=O) groups is 2. The molecule has 2 aromatic rings. The van der Waals surface area contributed by atoms with E-state index >= 15 is 0 Å². The van der Waals surface area contributed by atoms with E-state index in [1.54, 1.807) is 13.0 Å². The van der Waals surface area contributed by atoms with E-state index in [9.17, 15) is 18.4 Å². The maximum atomic E-state index is 13.7. The van der Waals surface area contributed by atoms with Crippen molar-refractivity contribution in [2.75, 3.05) is 11.9 Å². The van der Waals surface area contributed by atoms with Gasteiger partial charge >= 0.3 is 5.97 Å². The lowest BCUT2D eigenvalue weighted by Crippen LogP contribution is -2.17. The molecule has 0 unspecified atom stereocenters. The van der Waals surface area contributed by atoms with E-state index in [0.717, 1.165) is 17.0 Å². The van der Waals surface area contributed by atoms with Gasteiger partial charge in [-0.1, -0.05) is 13.0 Å². The van der Waals surface area contributed by atoms with Gasteiger partial charge in [0, 0.05) is 4.88 Å². The van der Waals surface area contributed by atoms with E-state index in [0.29, 0.717) is 6.42 Å². The van der Waals surface area contributed by atoms with Crippen LogP contribution in [0.4, 0.5) is 13.8 Å². The zero-order valence-electron chi connectivity index (χ0n) is 12.6. The van der Waals surface area contributed by atoms with Crippen LogP contribution in [-0.4, -0.2) is 18.5 Å². The minimum absolute atomic E-state index is 0.179. The predicted molar refractivity (Wildman–Crippen MR) is 84.0 cm³/mol. The number of rotatable bonds is 5. The smallest absolute Gasteiger partial charge is 0.341 e. The number of halogens is 2. The third kappa shape index (κ3) is 3.73. The summed E-state index contributed by atoms with van der Waals surface area (Å²) < 4.78 is 32.3. The molecular formula is C16H15F2NO3S. The van der Waals surface area contributed by atoms with Gasteiger partial charge in [-0.25, -0.2) is 13.6 Å². The summed E-state index contributed by atoms with van der Waals surface area (Å²) in [4.78, 5) is 24.9. The number of benzene rings is 1. The molecule has 0 aliphatic rings. The first-order valence-corrected chi connectivity index (χ1v) is 7.84.